The van der Waals surface area contributed by atoms with Crippen LogP contribution in [-0.2, 0) is 11.3 Å². The molecule has 0 unspecified atom stereocenters. The fraction of sp³-hybridized carbons (Fsp3) is 0.143. The maximum atomic E-state index is 11.8. The Kier molecular flexibility index (Phi) is 4.31. The van der Waals surface area contributed by atoms with Crippen LogP contribution in [0.25, 0.3) is 0 Å². The first-order valence-corrected chi connectivity index (χ1v) is 6.18. The van der Waals surface area contributed by atoms with Gasteiger partial charge in [-0.25, -0.2) is 4.79 Å². The Labute approximate surface area is 119 Å². The van der Waals surface area contributed by atoms with Crippen molar-refractivity contribution in [2.45, 2.75) is 13.0 Å². The number of nitrogens with zero attached hydrogens (tertiary/aromatic N) is 2. The van der Waals surface area contributed by atoms with Crippen molar-refractivity contribution < 1.29 is 4.79 Å². The van der Waals surface area contributed by atoms with Gasteiger partial charge in [0.25, 0.3) is 5.56 Å². The molecule has 2 rings (SSSR count). The molecule has 1 heterocycles. The fourth-order valence-corrected chi connectivity index (χ4v) is 1.69. The highest BCUT2D eigenvalue weighted by Gasteiger charge is 2.04. The minimum atomic E-state index is -0.548. The number of nitriles is 1. The lowest BCUT2D eigenvalue weighted by Crippen LogP contribution is -2.29. The SMILES string of the molecule is N#Cc1ccc(NC(=O)CCn2ccc(=O)[nH]c2=O)cc1. The number of nitrogens with one attached hydrogen (secondary N) is 2. The lowest BCUT2D eigenvalue weighted by atomic mass is 10.2. The van der Waals surface area contributed by atoms with Gasteiger partial charge in [0.1, 0.15) is 0 Å². The molecule has 1 aromatic heterocycles. The van der Waals surface area contributed by atoms with Crippen LogP contribution in [-0.4, -0.2) is 15.5 Å². The third kappa shape index (κ3) is 3.91. The van der Waals surface area contributed by atoms with Crippen molar-refractivity contribution in [2.24, 2.45) is 0 Å². The Bertz CT molecular complexity index is 796. The normalized spacial score (nSPS) is 9.86. The number of benzene rings is 1. The largest absolute Gasteiger partial charge is 0.328 e. The molecule has 1 aromatic carbocycles. The van der Waals surface area contributed by atoms with E-state index < -0.39 is 11.2 Å². The molecule has 2 N–H and O–H groups in total. The van der Waals surface area contributed by atoms with E-state index in [1.807, 2.05) is 6.07 Å². The number of hydrogen-bond donors (Lipinski definition) is 2. The molecule has 0 aliphatic heterocycles. The Hall–Kier alpha value is -3.14. The van der Waals surface area contributed by atoms with Crippen LogP contribution in [0.2, 0.25) is 0 Å². The lowest BCUT2D eigenvalue weighted by Gasteiger charge is -2.06. The molecule has 106 valence electrons. The number of anilines is 1. The Morgan fingerprint density at radius 2 is 1.95 bits per heavy atom. The van der Waals surface area contributed by atoms with Crippen LogP contribution in [0.5, 0.6) is 0 Å². The molecule has 0 aliphatic rings. The van der Waals surface area contributed by atoms with Gasteiger partial charge in [0, 0.05) is 30.9 Å². The monoisotopic (exact) mass is 284 g/mol. The second-order valence-electron chi connectivity index (χ2n) is 4.29. The first-order chi connectivity index (χ1) is 10.1. The summed E-state index contributed by atoms with van der Waals surface area (Å²) in [6, 6.07) is 9.66. The van der Waals surface area contributed by atoms with Crippen molar-refractivity contribution in [1.82, 2.24) is 9.55 Å². The van der Waals surface area contributed by atoms with Crippen molar-refractivity contribution in [3.05, 3.63) is 62.9 Å². The second-order valence-corrected chi connectivity index (χ2v) is 4.29. The molecule has 0 atom stereocenters. The van der Waals surface area contributed by atoms with Gasteiger partial charge in [0.05, 0.1) is 11.6 Å². The molecular weight excluding hydrogens is 272 g/mol. The summed E-state index contributed by atoms with van der Waals surface area (Å²) in [5, 5.41) is 11.3. The number of rotatable bonds is 4. The average molecular weight is 284 g/mol. The molecule has 0 saturated carbocycles. The highest BCUT2D eigenvalue weighted by atomic mass is 16.2. The topological polar surface area (TPSA) is 108 Å². The molecule has 0 spiro atoms. The minimum absolute atomic E-state index is 0.0892. The summed E-state index contributed by atoms with van der Waals surface area (Å²) in [7, 11) is 0. The number of H-pyrrole nitrogens is 1. The van der Waals surface area contributed by atoms with Crippen LogP contribution >= 0.6 is 0 Å². The maximum Gasteiger partial charge on any atom is 0.328 e. The van der Waals surface area contributed by atoms with Gasteiger partial charge in [-0.2, -0.15) is 5.26 Å². The first-order valence-electron chi connectivity index (χ1n) is 6.18. The molecule has 0 aliphatic carbocycles. The van der Waals surface area contributed by atoms with Gasteiger partial charge in [0.15, 0.2) is 0 Å². The van der Waals surface area contributed by atoms with Crippen molar-refractivity contribution >= 4 is 11.6 Å². The van der Waals surface area contributed by atoms with E-state index in [1.54, 1.807) is 24.3 Å². The zero-order valence-corrected chi connectivity index (χ0v) is 11.0. The summed E-state index contributed by atoms with van der Waals surface area (Å²) in [6.45, 7) is 0.164. The van der Waals surface area contributed by atoms with E-state index in [0.29, 0.717) is 11.3 Å². The third-order valence-corrected chi connectivity index (χ3v) is 2.77. The number of carbonyl (C=O) groups is 1. The number of aryl methyl sites for hydroxylation is 1. The zero-order valence-electron chi connectivity index (χ0n) is 11.0. The fourth-order valence-electron chi connectivity index (χ4n) is 1.69. The quantitative estimate of drug-likeness (QED) is 0.849. The van der Waals surface area contributed by atoms with Gasteiger partial charge in [-0.1, -0.05) is 0 Å². The number of carbonyl (C=O) groups excluding carboxylic acids is 1. The van der Waals surface area contributed by atoms with Crippen molar-refractivity contribution in [1.29, 1.82) is 5.26 Å². The first kappa shape index (κ1) is 14.3. The van der Waals surface area contributed by atoms with Crippen LogP contribution in [0.15, 0.2) is 46.1 Å². The standard InChI is InChI=1S/C14H12N4O3/c15-9-10-1-3-11(4-2-10)16-12(19)5-7-18-8-6-13(20)17-14(18)21/h1-4,6,8H,5,7H2,(H,16,19)(H,17,20,21). The molecule has 0 saturated heterocycles. The van der Waals surface area contributed by atoms with Crippen LogP contribution in [0.4, 0.5) is 5.69 Å². The molecule has 1 amide bonds. The summed E-state index contributed by atoms with van der Waals surface area (Å²) >= 11 is 0. The van der Waals surface area contributed by atoms with Crippen molar-refractivity contribution in [3.63, 3.8) is 0 Å². The Balaban J connectivity index is 1.94. The second kappa shape index (κ2) is 6.34. The molecule has 0 bridgehead atoms. The van der Waals surface area contributed by atoms with Gasteiger partial charge in [0.2, 0.25) is 5.91 Å². The summed E-state index contributed by atoms with van der Waals surface area (Å²) in [5.41, 5.74) is 0.0626. The van der Waals surface area contributed by atoms with Gasteiger partial charge in [-0.3, -0.25) is 14.6 Å². The average Bonchev–Trinajstić information content (AvgIpc) is 2.47. The predicted molar refractivity (Wildman–Crippen MR) is 75.7 cm³/mol. The summed E-state index contributed by atoms with van der Waals surface area (Å²) < 4.78 is 1.25. The van der Waals surface area contributed by atoms with Crippen LogP contribution < -0.4 is 16.6 Å². The maximum absolute atomic E-state index is 11.8. The van der Waals surface area contributed by atoms with E-state index in [1.165, 1.54) is 16.8 Å². The Morgan fingerprint density at radius 3 is 2.57 bits per heavy atom. The van der Waals surface area contributed by atoms with E-state index in [4.69, 9.17) is 5.26 Å². The van der Waals surface area contributed by atoms with Gasteiger partial charge >= 0.3 is 5.69 Å². The van der Waals surface area contributed by atoms with Crippen LogP contribution in [0.1, 0.15) is 12.0 Å². The lowest BCUT2D eigenvalue weighted by molar-refractivity contribution is -0.116. The minimum Gasteiger partial charge on any atom is -0.326 e. The predicted octanol–water partition coefficient (Wildman–Crippen LogP) is 0.437. The Morgan fingerprint density at radius 1 is 1.24 bits per heavy atom. The van der Waals surface area contributed by atoms with Crippen LogP contribution in [0, 0.1) is 11.3 Å². The summed E-state index contributed by atoms with van der Waals surface area (Å²) in [4.78, 5) is 36.2. The summed E-state index contributed by atoms with van der Waals surface area (Å²) in [5.74, 6) is -0.266. The number of hydrogen-bond acceptors (Lipinski definition) is 4. The van der Waals surface area contributed by atoms with E-state index in [9.17, 15) is 14.4 Å². The van der Waals surface area contributed by atoms with Crippen LogP contribution in [0.3, 0.4) is 0 Å². The van der Waals surface area contributed by atoms with E-state index >= 15 is 0 Å². The van der Waals surface area contributed by atoms with Crippen molar-refractivity contribution in [2.75, 3.05) is 5.32 Å². The molecule has 21 heavy (non-hydrogen) atoms. The number of amides is 1. The molecule has 0 radical (unpaired) electrons. The van der Waals surface area contributed by atoms with E-state index in [2.05, 4.69) is 10.3 Å². The third-order valence-electron chi connectivity index (χ3n) is 2.77. The van der Waals surface area contributed by atoms with Crippen molar-refractivity contribution in [3.8, 4) is 6.07 Å². The van der Waals surface area contributed by atoms with E-state index in [0.717, 1.165) is 0 Å². The zero-order chi connectivity index (χ0) is 15.2. The molecule has 7 nitrogen and oxygen atoms in total. The van der Waals surface area contributed by atoms with Gasteiger partial charge in [-0.05, 0) is 24.3 Å². The van der Waals surface area contributed by atoms with E-state index in [-0.39, 0.29) is 18.9 Å². The van der Waals surface area contributed by atoms with Gasteiger partial charge < -0.3 is 9.88 Å². The molecule has 7 heteroatoms. The molecular formula is C14H12N4O3. The molecule has 0 fully saturated rings. The molecule has 2 aromatic rings. The smallest absolute Gasteiger partial charge is 0.326 e. The number of aromatic amines is 1. The highest BCUT2D eigenvalue weighted by Crippen LogP contribution is 2.09. The highest BCUT2D eigenvalue weighted by molar-refractivity contribution is 5.90. The van der Waals surface area contributed by atoms with Gasteiger partial charge in [-0.15, -0.1) is 0 Å². The summed E-state index contributed by atoms with van der Waals surface area (Å²) in [6.07, 6.45) is 1.43. The number of aromatic nitrogens is 2.